The number of hydrogen-bond acceptors (Lipinski definition) is 2. The van der Waals surface area contributed by atoms with Crippen molar-refractivity contribution in [3.05, 3.63) is 35.1 Å². The number of aliphatic imine (C=N–C) groups is 1. The Morgan fingerprint density at radius 1 is 1.33 bits per heavy atom. The van der Waals surface area contributed by atoms with E-state index in [1.165, 1.54) is 6.07 Å². The zero-order valence-corrected chi connectivity index (χ0v) is 15.4. The van der Waals surface area contributed by atoms with Crippen molar-refractivity contribution in [2.24, 2.45) is 10.9 Å². The van der Waals surface area contributed by atoms with Crippen LogP contribution in [0.15, 0.2) is 23.2 Å². The molecule has 1 aromatic carbocycles. The molecule has 4 nitrogen and oxygen atoms in total. The Bertz CT molecular complexity index is 453. The number of nitrogens with zero attached hydrogens (tertiary/aromatic N) is 1. The van der Waals surface area contributed by atoms with Crippen molar-refractivity contribution in [1.82, 2.24) is 10.6 Å². The normalized spacial score (nSPS) is 11.2. The standard InChI is InChI=1S/C15H24FN3O.HI/c1-11(2)8-18-15(17-3)19-9-12-5-6-14(16)13(7-12)10-20-4;/h5-7,11H,8-10H2,1-4H3,(H2,17,18,19);1H. The van der Waals surface area contributed by atoms with Gasteiger partial charge < -0.3 is 15.4 Å². The molecule has 2 N–H and O–H groups in total. The Morgan fingerprint density at radius 3 is 2.62 bits per heavy atom. The molecule has 0 fully saturated rings. The van der Waals surface area contributed by atoms with Crippen molar-refractivity contribution in [1.29, 1.82) is 0 Å². The summed E-state index contributed by atoms with van der Waals surface area (Å²) in [5.74, 6) is 1.06. The predicted molar refractivity (Wildman–Crippen MR) is 95.6 cm³/mol. The third kappa shape index (κ3) is 7.61. The molecule has 0 aliphatic rings. The highest BCUT2D eigenvalue weighted by molar-refractivity contribution is 14.0. The van der Waals surface area contributed by atoms with Gasteiger partial charge in [-0.15, -0.1) is 24.0 Å². The molecule has 0 unspecified atom stereocenters. The van der Waals surface area contributed by atoms with Gasteiger partial charge in [0.15, 0.2) is 5.96 Å². The van der Waals surface area contributed by atoms with Gasteiger partial charge >= 0.3 is 0 Å². The molecular formula is C15H25FIN3O. The van der Waals surface area contributed by atoms with Crippen molar-refractivity contribution in [3.63, 3.8) is 0 Å². The largest absolute Gasteiger partial charge is 0.380 e. The lowest BCUT2D eigenvalue weighted by molar-refractivity contribution is 0.181. The fraction of sp³-hybridized carbons (Fsp3) is 0.533. The van der Waals surface area contributed by atoms with E-state index in [2.05, 4.69) is 29.5 Å². The fourth-order valence-electron chi connectivity index (χ4n) is 1.71. The van der Waals surface area contributed by atoms with E-state index in [-0.39, 0.29) is 36.4 Å². The zero-order chi connectivity index (χ0) is 15.0. The Balaban J connectivity index is 0.00000400. The van der Waals surface area contributed by atoms with Crippen molar-refractivity contribution < 1.29 is 9.13 Å². The molecule has 0 bridgehead atoms. The summed E-state index contributed by atoms with van der Waals surface area (Å²) in [6.45, 7) is 6.00. The molecule has 0 atom stereocenters. The Morgan fingerprint density at radius 2 is 2.05 bits per heavy atom. The second kappa shape index (κ2) is 10.8. The number of methoxy groups -OCH3 is 1. The molecule has 120 valence electrons. The zero-order valence-electron chi connectivity index (χ0n) is 13.1. The number of halogens is 2. The smallest absolute Gasteiger partial charge is 0.191 e. The van der Waals surface area contributed by atoms with Gasteiger partial charge in [0.25, 0.3) is 0 Å². The van der Waals surface area contributed by atoms with E-state index in [1.54, 1.807) is 20.2 Å². The Labute approximate surface area is 143 Å². The number of hydrogen-bond donors (Lipinski definition) is 2. The molecule has 6 heteroatoms. The molecule has 21 heavy (non-hydrogen) atoms. The van der Waals surface area contributed by atoms with Crippen LogP contribution < -0.4 is 10.6 Å². The minimum absolute atomic E-state index is 0. The van der Waals surface area contributed by atoms with E-state index in [0.29, 0.717) is 18.0 Å². The average molecular weight is 409 g/mol. The van der Waals surface area contributed by atoms with Crippen LogP contribution in [-0.2, 0) is 17.9 Å². The summed E-state index contributed by atoms with van der Waals surface area (Å²) in [5, 5.41) is 6.44. The highest BCUT2D eigenvalue weighted by Crippen LogP contribution is 2.11. The van der Waals surface area contributed by atoms with Crippen LogP contribution in [0.25, 0.3) is 0 Å². The van der Waals surface area contributed by atoms with Crippen LogP contribution in [0.5, 0.6) is 0 Å². The summed E-state index contributed by atoms with van der Waals surface area (Å²) in [6.07, 6.45) is 0. The molecular weight excluding hydrogens is 384 g/mol. The first-order chi connectivity index (χ1) is 9.56. The lowest BCUT2D eigenvalue weighted by Crippen LogP contribution is -2.38. The number of nitrogens with one attached hydrogen (secondary N) is 2. The van der Waals surface area contributed by atoms with Gasteiger partial charge in [0.1, 0.15) is 5.82 Å². The third-order valence-electron chi connectivity index (χ3n) is 2.77. The molecule has 0 heterocycles. The summed E-state index contributed by atoms with van der Waals surface area (Å²) < 4.78 is 18.5. The van der Waals surface area contributed by atoms with Crippen LogP contribution in [0.1, 0.15) is 25.0 Å². The van der Waals surface area contributed by atoms with Gasteiger partial charge in [0, 0.05) is 32.8 Å². The molecule has 0 spiro atoms. The van der Waals surface area contributed by atoms with Crippen LogP contribution in [0.4, 0.5) is 4.39 Å². The number of rotatable bonds is 6. The summed E-state index contributed by atoms with van der Waals surface area (Å²) in [4.78, 5) is 4.15. The minimum Gasteiger partial charge on any atom is -0.380 e. The quantitative estimate of drug-likeness (QED) is 0.432. The van der Waals surface area contributed by atoms with Gasteiger partial charge in [-0.1, -0.05) is 19.9 Å². The molecule has 0 radical (unpaired) electrons. The lowest BCUT2D eigenvalue weighted by Gasteiger charge is -2.14. The van der Waals surface area contributed by atoms with Crippen LogP contribution in [0, 0.1) is 11.7 Å². The summed E-state index contributed by atoms with van der Waals surface area (Å²) in [7, 11) is 3.29. The molecule has 0 aromatic heterocycles. The fourth-order valence-corrected chi connectivity index (χ4v) is 1.71. The maximum Gasteiger partial charge on any atom is 0.191 e. The van der Waals surface area contributed by atoms with E-state index in [1.807, 2.05) is 6.07 Å². The van der Waals surface area contributed by atoms with Crippen LogP contribution in [0.3, 0.4) is 0 Å². The highest BCUT2D eigenvalue weighted by Gasteiger charge is 2.04. The number of guanidine groups is 1. The average Bonchev–Trinajstić information content (AvgIpc) is 2.42. The summed E-state index contributed by atoms with van der Waals surface area (Å²) >= 11 is 0. The Kier molecular flexibility index (Phi) is 10.3. The molecule has 0 aliphatic heterocycles. The minimum atomic E-state index is -0.238. The van der Waals surface area contributed by atoms with Gasteiger partial charge in [-0.25, -0.2) is 4.39 Å². The first-order valence-corrected chi connectivity index (χ1v) is 6.77. The summed E-state index contributed by atoms with van der Waals surface area (Å²) in [5.41, 5.74) is 1.56. The first kappa shape index (κ1) is 20.1. The second-order valence-corrected chi connectivity index (χ2v) is 5.06. The van der Waals surface area contributed by atoms with Crippen LogP contribution >= 0.6 is 24.0 Å². The molecule has 0 aliphatic carbocycles. The van der Waals surface area contributed by atoms with Crippen LogP contribution in [-0.4, -0.2) is 26.7 Å². The van der Waals surface area contributed by atoms with Gasteiger partial charge in [-0.3, -0.25) is 4.99 Å². The lowest BCUT2D eigenvalue weighted by atomic mass is 10.1. The predicted octanol–water partition coefficient (Wildman–Crippen LogP) is 2.91. The van der Waals surface area contributed by atoms with E-state index in [9.17, 15) is 4.39 Å². The van der Waals surface area contributed by atoms with Crippen molar-refractivity contribution >= 4 is 29.9 Å². The topological polar surface area (TPSA) is 45.7 Å². The molecule has 0 amide bonds. The molecule has 0 saturated carbocycles. The number of benzene rings is 1. The van der Waals surface area contributed by atoms with E-state index >= 15 is 0 Å². The molecule has 1 rings (SSSR count). The monoisotopic (exact) mass is 409 g/mol. The van der Waals surface area contributed by atoms with Crippen molar-refractivity contribution in [3.8, 4) is 0 Å². The van der Waals surface area contributed by atoms with Crippen LogP contribution in [0.2, 0.25) is 0 Å². The Hall–Kier alpha value is -0.890. The maximum absolute atomic E-state index is 13.5. The van der Waals surface area contributed by atoms with Gasteiger partial charge in [-0.05, 0) is 23.6 Å². The van der Waals surface area contributed by atoms with Gasteiger partial charge in [-0.2, -0.15) is 0 Å². The highest BCUT2D eigenvalue weighted by atomic mass is 127. The van der Waals surface area contributed by atoms with E-state index in [0.717, 1.165) is 18.1 Å². The van der Waals surface area contributed by atoms with Crippen molar-refractivity contribution in [2.45, 2.75) is 27.0 Å². The molecule has 0 saturated heterocycles. The summed E-state index contributed by atoms with van der Waals surface area (Å²) in [6, 6.07) is 5.04. The van der Waals surface area contributed by atoms with E-state index < -0.39 is 0 Å². The first-order valence-electron chi connectivity index (χ1n) is 6.77. The third-order valence-corrected chi connectivity index (χ3v) is 2.77. The number of ether oxygens (including phenoxy) is 1. The van der Waals surface area contributed by atoms with Crippen molar-refractivity contribution in [2.75, 3.05) is 20.7 Å². The van der Waals surface area contributed by atoms with Gasteiger partial charge in [0.2, 0.25) is 0 Å². The second-order valence-electron chi connectivity index (χ2n) is 5.06. The van der Waals surface area contributed by atoms with Gasteiger partial charge in [0.05, 0.1) is 6.61 Å². The maximum atomic E-state index is 13.5. The SMILES string of the molecule is CN=C(NCc1ccc(F)c(COC)c1)NCC(C)C.I. The molecule has 1 aromatic rings. The van der Waals surface area contributed by atoms with E-state index in [4.69, 9.17) is 4.74 Å².